The van der Waals surface area contributed by atoms with Gasteiger partial charge < -0.3 is 10.2 Å². The number of halogens is 2. The number of rotatable bonds is 6. The monoisotopic (exact) mass is 510 g/mol. The van der Waals surface area contributed by atoms with Crippen LogP contribution < -0.4 is 10.2 Å². The van der Waals surface area contributed by atoms with Crippen LogP contribution in [0.1, 0.15) is 38.2 Å². The summed E-state index contributed by atoms with van der Waals surface area (Å²) in [5.74, 6) is 0.744. The Morgan fingerprint density at radius 1 is 1.06 bits per heavy atom. The van der Waals surface area contributed by atoms with Crippen LogP contribution in [0.25, 0.3) is 11.1 Å². The van der Waals surface area contributed by atoms with Gasteiger partial charge in [0.2, 0.25) is 5.91 Å². The highest BCUT2D eigenvalue weighted by molar-refractivity contribution is 9.10. The maximum atomic E-state index is 14.4. The summed E-state index contributed by atoms with van der Waals surface area (Å²) in [6.07, 6.45) is 1.89. The van der Waals surface area contributed by atoms with E-state index in [0.29, 0.717) is 17.2 Å². The van der Waals surface area contributed by atoms with E-state index in [9.17, 15) is 9.18 Å². The van der Waals surface area contributed by atoms with E-state index in [0.717, 1.165) is 41.7 Å². The van der Waals surface area contributed by atoms with E-state index in [1.165, 1.54) is 11.6 Å². The number of nitrogens with zero attached hydrogens (tertiary/aromatic N) is 1. The van der Waals surface area contributed by atoms with Gasteiger partial charge >= 0.3 is 0 Å². The van der Waals surface area contributed by atoms with Crippen LogP contribution in [0.3, 0.4) is 0 Å². The third kappa shape index (κ3) is 6.01. The molecule has 1 heterocycles. The zero-order valence-corrected chi connectivity index (χ0v) is 20.4. The molecule has 1 amide bonds. The molecule has 0 atom stereocenters. The van der Waals surface area contributed by atoms with Gasteiger partial charge in [0, 0.05) is 34.7 Å². The number of nitrogens with one attached hydrogen (secondary N) is 1. The molecular weight excluding hydrogens is 483 g/mol. The smallest absolute Gasteiger partial charge is 0.226 e. The zero-order chi connectivity index (χ0) is 23.4. The zero-order valence-electron chi connectivity index (χ0n) is 18.9. The van der Waals surface area contributed by atoms with Gasteiger partial charge in [-0.05, 0) is 72.4 Å². The molecule has 1 aliphatic rings. The third-order valence-corrected chi connectivity index (χ3v) is 6.46. The Morgan fingerprint density at radius 2 is 1.79 bits per heavy atom. The molecule has 0 aliphatic carbocycles. The number of amides is 1. The molecule has 3 aromatic carbocycles. The number of hydrogen-bond acceptors (Lipinski definition) is 3. The van der Waals surface area contributed by atoms with E-state index < -0.39 is 0 Å². The van der Waals surface area contributed by atoms with Crippen molar-refractivity contribution in [1.29, 1.82) is 0 Å². The van der Waals surface area contributed by atoms with Crippen LogP contribution in [0, 0.1) is 11.7 Å². The van der Waals surface area contributed by atoms with Crippen molar-refractivity contribution in [1.82, 2.24) is 5.06 Å². The predicted molar refractivity (Wildman–Crippen MR) is 134 cm³/mol. The lowest BCUT2D eigenvalue weighted by molar-refractivity contribution is -0.118. The number of hydrogen-bond donors (Lipinski definition) is 1. The summed E-state index contributed by atoms with van der Waals surface area (Å²) < 4.78 is 15.4. The lowest BCUT2D eigenvalue weighted by Gasteiger charge is -2.31. The molecule has 1 aliphatic heterocycles. The van der Waals surface area contributed by atoms with Crippen LogP contribution in [0.15, 0.2) is 71.2 Å². The standard InChI is InChI=1S/C27H28BrFN2O2/c1-18(2)27(32)30-23-5-3-4-21(16-23)19-12-14-31(15-13-19)33-24-10-11-26(29)25(17-24)20-6-8-22(28)9-7-20/h3-11,16-19H,12-15H2,1-2H3,(H,30,32). The van der Waals surface area contributed by atoms with E-state index in [4.69, 9.17) is 4.84 Å². The fourth-order valence-corrected chi connectivity index (χ4v) is 4.26. The number of anilines is 1. The van der Waals surface area contributed by atoms with E-state index in [2.05, 4.69) is 33.4 Å². The molecule has 4 rings (SSSR count). The summed E-state index contributed by atoms with van der Waals surface area (Å²) in [5.41, 5.74) is 3.41. The van der Waals surface area contributed by atoms with Crippen molar-refractivity contribution >= 4 is 27.5 Å². The molecule has 0 saturated carbocycles. The second kappa shape index (κ2) is 10.5. The van der Waals surface area contributed by atoms with Crippen LogP contribution >= 0.6 is 15.9 Å². The fraction of sp³-hybridized carbons (Fsp3) is 0.296. The second-order valence-electron chi connectivity index (χ2n) is 8.71. The maximum Gasteiger partial charge on any atom is 0.226 e. The summed E-state index contributed by atoms with van der Waals surface area (Å²) in [4.78, 5) is 18.1. The van der Waals surface area contributed by atoms with Gasteiger partial charge in [-0.15, -0.1) is 5.06 Å². The fourth-order valence-electron chi connectivity index (χ4n) is 4.00. The summed E-state index contributed by atoms with van der Waals surface area (Å²) in [6, 6.07) is 20.6. The average molecular weight is 511 g/mol. The van der Waals surface area contributed by atoms with Crippen LogP contribution in [-0.4, -0.2) is 24.1 Å². The Kier molecular flexibility index (Phi) is 7.46. The van der Waals surface area contributed by atoms with Crippen molar-refractivity contribution in [3.05, 3.63) is 82.6 Å². The molecule has 6 heteroatoms. The van der Waals surface area contributed by atoms with Gasteiger partial charge in [-0.3, -0.25) is 4.79 Å². The van der Waals surface area contributed by atoms with Gasteiger partial charge in [-0.25, -0.2) is 4.39 Å². The Bertz CT molecular complexity index is 1110. The topological polar surface area (TPSA) is 41.6 Å². The highest BCUT2D eigenvalue weighted by Gasteiger charge is 2.22. The first-order valence-corrected chi connectivity index (χ1v) is 12.1. The molecule has 1 saturated heterocycles. The Labute approximate surface area is 202 Å². The van der Waals surface area contributed by atoms with Gasteiger partial charge in [0.05, 0.1) is 0 Å². The van der Waals surface area contributed by atoms with Gasteiger partial charge in [0.15, 0.2) is 0 Å². The molecule has 0 radical (unpaired) electrons. The van der Waals surface area contributed by atoms with Crippen LogP contribution in [0.5, 0.6) is 5.75 Å². The minimum atomic E-state index is -0.271. The molecule has 0 bridgehead atoms. The van der Waals surface area contributed by atoms with Gasteiger partial charge in [-0.2, -0.15) is 0 Å². The van der Waals surface area contributed by atoms with E-state index in [-0.39, 0.29) is 17.6 Å². The lowest BCUT2D eigenvalue weighted by atomic mass is 9.90. The molecule has 33 heavy (non-hydrogen) atoms. The second-order valence-corrected chi connectivity index (χ2v) is 9.63. The predicted octanol–water partition coefficient (Wildman–Crippen LogP) is 7.02. The van der Waals surface area contributed by atoms with Crippen molar-refractivity contribution in [2.45, 2.75) is 32.6 Å². The normalized spacial score (nSPS) is 14.9. The van der Waals surface area contributed by atoms with E-state index in [1.807, 2.05) is 55.3 Å². The molecule has 0 aromatic heterocycles. The Balaban J connectivity index is 1.38. The molecule has 1 fully saturated rings. The first kappa shape index (κ1) is 23.5. The molecule has 0 spiro atoms. The van der Waals surface area contributed by atoms with Crippen molar-refractivity contribution in [3.63, 3.8) is 0 Å². The van der Waals surface area contributed by atoms with Gasteiger partial charge in [-0.1, -0.05) is 54.0 Å². The number of carbonyl (C=O) groups excluding carboxylic acids is 1. The lowest BCUT2D eigenvalue weighted by Crippen LogP contribution is -2.35. The summed E-state index contributed by atoms with van der Waals surface area (Å²) in [6.45, 7) is 5.33. The summed E-state index contributed by atoms with van der Waals surface area (Å²) >= 11 is 3.41. The average Bonchev–Trinajstić information content (AvgIpc) is 2.81. The summed E-state index contributed by atoms with van der Waals surface area (Å²) in [7, 11) is 0. The minimum Gasteiger partial charge on any atom is -0.406 e. The quantitative estimate of drug-likeness (QED) is 0.387. The molecule has 4 nitrogen and oxygen atoms in total. The van der Waals surface area contributed by atoms with Crippen molar-refractivity contribution < 1.29 is 14.0 Å². The Morgan fingerprint density at radius 3 is 2.48 bits per heavy atom. The number of carbonyl (C=O) groups is 1. The van der Waals surface area contributed by atoms with Crippen LogP contribution in [0.4, 0.5) is 10.1 Å². The third-order valence-electron chi connectivity index (χ3n) is 5.93. The first-order valence-electron chi connectivity index (χ1n) is 11.3. The van der Waals surface area contributed by atoms with Gasteiger partial charge in [0.25, 0.3) is 0 Å². The molecule has 172 valence electrons. The SMILES string of the molecule is CC(C)C(=O)Nc1cccc(C2CCN(Oc3ccc(F)c(-c4ccc(Br)cc4)c3)CC2)c1. The molecule has 3 aromatic rings. The maximum absolute atomic E-state index is 14.4. The number of hydroxylamine groups is 2. The molecule has 1 N–H and O–H groups in total. The van der Waals surface area contributed by atoms with Crippen molar-refractivity contribution in [2.24, 2.45) is 5.92 Å². The first-order chi connectivity index (χ1) is 15.9. The van der Waals surface area contributed by atoms with Crippen molar-refractivity contribution in [2.75, 3.05) is 18.4 Å². The highest BCUT2D eigenvalue weighted by atomic mass is 79.9. The summed E-state index contributed by atoms with van der Waals surface area (Å²) in [5, 5.41) is 4.93. The van der Waals surface area contributed by atoms with Crippen LogP contribution in [-0.2, 0) is 4.79 Å². The highest BCUT2D eigenvalue weighted by Crippen LogP contribution is 2.32. The van der Waals surface area contributed by atoms with E-state index >= 15 is 0 Å². The Hall–Kier alpha value is -2.70. The molecule has 0 unspecified atom stereocenters. The minimum absolute atomic E-state index is 0.0252. The van der Waals surface area contributed by atoms with Crippen molar-refractivity contribution in [3.8, 4) is 16.9 Å². The van der Waals surface area contributed by atoms with Gasteiger partial charge in [0.1, 0.15) is 11.6 Å². The van der Waals surface area contributed by atoms with Crippen LogP contribution in [0.2, 0.25) is 0 Å². The number of benzene rings is 3. The van der Waals surface area contributed by atoms with E-state index in [1.54, 1.807) is 12.1 Å². The number of piperidine rings is 1. The largest absolute Gasteiger partial charge is 0.406 e. The molecular formula is C27H28BrFN2O2.